The lowest BCUT2D eigenvalue weighted by molar-refractivity contribution is -0.115. The van der Waals surface area contributed by atoms with Gasteiger partial charge < -0.3 is 15.0 Å². The zero-order valence-electron chi connectivity index (χ0n) is 15.1. The average molecular weight is 353 g/mol. The van der Waals surface area contributed by atoms with Gasteiger partial charge in [0.15, 0.2) is 0 Å². The monoisotopic (exact) mass is 353 g/mol. The molecule has 3 rings (SSSR count). The summed E-state index contributed by atoms with van der Waals surface area (Å²) in [6.45, 7) is 1.50. The molecule has 0 aliphatic carbocycles. The maximum atomic E-state index is 12.2. The van der Waals surface area contributed by atoms with Gasteiger partial charge in [-0.3, -0.25) is 9.69 Å². The average Bonchev–Trinajstić information content (AvgIpc) is 2.65. The molecule has 2 aromatic carbocycles. The third kappa shape index (κ3) is 4.14. The van der Waals surface area contributed by atoms with Gasteiger partial charge in [0.1, 0.15) is 5.75 Å². The smallest absolute Gasteiger partial charge is 0.324 e. The number of nitrogens with one attached hydrogen (secondary N) is 1. The summed E-state index contributed by atoms with van der Waals surface area (Å²) in [6.07, 6.45) is 1.24. The number of carbonyl (C=O) groups excluding carboxylic acids is 2. The van der Waals surface area contributed by atoms with E-state index in [1.807, 2.05) is 55.6 Å². The third-order valence-electron chi connectivity index (χ3n) is 4.42. The summed E-state index contributed by atoms with van der Waals surface area (Å²) in [4.78, 5) is 27.9. The van der Waals surface area contributed by atoms with E-state index in [9.17, 15) is 9.59 Å². The second-order valence-electron chi connectivity index (χ2n) is 6.33. The van der Waals surface area contributed by atoms with E-state index in [2.05, 4.69) is 5.32 Å². The van der Waals surface area contributed by atoms with Crippen LogP contribution in [0.3, 0.4) is 0 Å². The van der Waals surface area contributed by atoms with E-state index in [0.717, 1.165) is 30.0 Å². The molecule has 0 saturated carbocycles. The molecular formula is C20H23N3O3. The van der Waals surface area contributed by atoms with Crippen LogP contribution in [-0.4, -0.2) is 44.1 Å². The molecule has 0 atom stereocenters. The number of anilines is 2. The predicted molar refractivity (Wildman–Crippen MR) is 102 cm³/mol. The molecule has 136 valence electrons. The molecule has 1 N–H and O–H groups in total. The molecule has 0 aromatic heterocycles. The highest BCUT2D eigenvalue weighted by molar-refractivity contribution is 5.94. The van der Waals surface area contributed by atoms with Crippen LogP contribution in [0.5, 0.6) is 5.75 Å². The van der Waals surface area contributed by atoms with Crippen molar-refractivity contribution < 1.29 is 14.3 Å². The number of hydrogen-bond acceptors (Lipinski definition) is 3. The molecule has 0 unspecified atom stereocenters. The second kappa shape index (κ2) is 7.91. The maximum absolute atomic E-state index is 12.2. The predicted octanol–water partition coefficient (Wildman–Crippen LogP) is 3.14. The molecule has 1 fully saturated rings. The van der Waals surface area contributed by atoms with E-state index < -0.39 is 0 Å². The fourth-order valence-corrected chi connectivity index (χ4v) is 2.96. The summed E-state index contributed by atoms with van der Waals surface area (Å²) in [7, 11) is 3.42. The van der Waals surface area contributed by atoms with Crippen molar-refractivity contribution in [2.24, 2.45) is 0 Å². The van der Waals surface area contributed by atoms with E-state index in [4.69, 9.17) is 4.74 Å². The van der Waals surface area contributed by atoms with Gasteiger partial charge >= 0.3 is 6.03 Å². The fourth-order valence-electron chi connectivity index (χ4n) is 2.96. The molecule has 2 aromatic rings. The van der Waals surface area contributed by atoms with E-state index in [0.29, 0.717) is 18.7 Å². The van der Waals surface area contributed by atoms with Crippen molar-refractivity contribution in [1.82, 2.24) is 4.90 Å². The van der Waals surface area contributed by atoms with Gasteiger partial charge in [0.2, 0.25) is 5.91 Å². The Kier molecular flexibility index (Phi) is 5.41. The van der Waals surface area contributed by atoms with Gasteiger partial charge in [0, 0.05) is 31.5 Å². The number of benzene rings is 2. The van der Waals surface area contributed by atoms with Gasteiger partial charge in [-0.1, -0.05) is 12.1 Å². The van der Waals surface area contributed by atoms with E-state index >= 15 is 0 Å². The van der Waals surface area contributed by atoms with Crippen LogP contribution in [0.2, 0.25) is 0 Å². The molecule has 0 spiro atoms. The van der Waals surface area contributed by atoms with Crippen molar-refractivity contribution in [1.29, 1.82) is 0 Å². The molecule has 26 heavy (non-hydrogen) atoms. The zero-order valence-corrected chi connectivity index (χ0v) is 15.1. The number of urea groups is 1. The Bertz CT molecular complexity index is 772. The first kappa shape index (κ1) is 17.8. The molecule has 1 aliphatic heterocycles. The summed E-state index contributed by atoms with van der Waals surface area (Å²) in [6, 6.07) is 14.8. The minimum atomic E-state index is -0.0864. The molecule has 6 heteroatoms. The minimum absolute atomic E-state index is 0.00698. The molecule has 6 nitrogen and oxygen atoms in total. The van der Waals surface area contributed by atoms with Crippen molar-refractivity contribution in [3.05, 3.63) is 54.1 Å². The lowest BCUT2D eigenvalue weighted by Crippen LogP contribution is -2.47. The first-order chi connectivity index (χ1) is 12.6. The number of methoxy groups -OCH3 is 1. The Balaban J connectivity index is 1.59. The molecule has 1 saturated heterocycles. The SMILES string of the molecule is COc1ccc(CC(=O)Nc2ccc(N3CCCN(C)C3=O)cc2)cc1. The number of hydrogen-bond donors (Lipinski definition) is 1. The van der Waals surface area contributed by atoms with Crippen LogP contribution < -0.4 is 15.0 Å². The number of rotatable bonds is 5. The van der Waals surface area contributed by atoms with Gasteiger partial charge in [0.25, 0.3) is 0 Å². The number of amides is 3. The summed E-state index contributed by atoms with van der Waals surface area (Å²) in [5.74, 6) is 0.680. The molecule has 0 bridgehead atoms. The first-order valence-corrected chi connectivity index (χ1v) is 8.62. The van der Waals surface area contributed by atoms with Crippen LogP contribution >= 0.6 is 0 Å². The zero-order chi connectivity index (χ0) is 18.5. The highest BCUT2D eigenvalue weighted by atomic mass is 16.5. The second-order valence-corrected chi connectivity index (χ2v) is 6.33. The van der Waals surface area contributed by atoms with E-state index in [1.165, 1.54) is 0 Å². The highest BCUT2D eigenvalue weighted by Gasteiger charge is 2.23. The summed E-state index contributed by atoms with van der Waals surface area (Å²) in [5, 5.41) is 2.89. The summed E-state index contributed by atoms with van der Waals surface area (Å²) >= 11 is 0. The van der Waals surface area contributed by atoms with Gasteiger partial charge in [-0.05, 0) is 48.4 Å². The van der Waals surface area contributed by atoms with Gasteiger partial charge in [-0.2, -0.15) is 0 Å². The van der Waals surface area contributed by atoms with E-state index in [-0.39, 0.29) is 11.9 Å². The van der Waals surface area contributed by atoms with Crippen molar-refractivity contribution >= 4 is 23.3 Å². The number of ether oxygens (including phenoxy) is 1. The Hall–Kier alpha value is -3.02. The maximum Gasteiger partial charge on any atom is 0.324 e. The lowest BCUT2D eigenvalue weighted by atomic mass is 10.1. The largest absolute Gasteiger partial charge is 0.497 e. The molecular weight excluding hydrogens is 330 g/mol. The third-order valence-corrected chi connectivity index (χ3v) is 4.42. The molecule has 1 heterocycles. The van der Waals surface area contributed by atoms with Gasteiger partial charge in [-0.25, -0.2) is 4.79 Å². The number of carbonyl (C=O) groups is 2. The summed E-state index contributed by atoms with van der Waals surface area (Å²) in [5.41, 5.74) is 2.47. The molecule has 0 radical (unpaired) electrons. The van der Waals surface area contributed by atoms with Crippen molar-refractivity contribution in [3.63, 3.8) is 0 Å². The lowest BCUT2D eigenvalue weighted by Gasteiger charge is -2.33. The standard InChI is InChI=1S/C20H23N3O3/c1-22-12-3-13-23(20(22)25)17-8-6-16(7-9-17)21-19(24)14-15-4-10-18(26-2)11-5-15/h4-11H,3,12-14H2,1-2H3,(H,21,24). The quantitative estimate of drug-likeness (QED) is 0.898. The normalized spacial score (nSPS) is 14.3. The Labute approximate surface area is 153 Å². The fraction of sp³-hybridized carbons (Fsp3) is 0.300. The topological polar surface area (TPSA) is 61.9 Å². The van der Waals surface area contributed by atoms with Crippen LogP contribution in [0.15, 0.2) is 48.5 Å². The van der Waals surface area contributed by atoms with Crippen LogP contribution in [0.25, 0.3) is 0 Å². The molecule has 1 aliphatic rings. The molecule has 3 amide bonds. The van der Waals surface area contributed by atoms with Crippen molar-refractivity contribution in [2.75, 3.05) is 37.5 Å². The Morgan fingerprint density at radius 3 is 2.42 bits per heavy atom. The van der Waals surface area contributed by atoms with Crippen LogP contribution in [0.1, 0.15) is 12.0 Å². The van der Waals surface area contributed by atoms with Crippen LogP contribution in [0.4, 0.5) is 16.2 Å². The van der Waals surface area contributed by atoms with Gasteiger partial charge in [-0.15, -0.1) is 0 Å². The van der Waals surface area contributed by atoms with Crippen LogP contribution in [-0.2, 0) is 11.2 Å². The summed E-state index contributed by atoms with van der Waals surface area (Å²) < 4.78 is 5.11. The van der Waals surface area contributed by atoms with Crippen molar-refractivity contribution in [2.45, 2.75) is 12.8 Å². The minimum Gasteiger partial charge on any atom is -0.497 e. The van der Waals surface area contributed by atoms with Crippen LogP contribution in [0, 0.1) is 0 Å². The first-order valence-electron chi connectivity index (χ1n) is 8.62. The van der Waals surface area contributed by atoms with Gasteiger partial charge in [0.05, 0.1) is 13.5 Å². The Morgan fingerprint density at radius 1 is 1.08 bits per heavy atom. The highest BCUT2D eigenvalue weighted by Crippen LogP contribution is 2.22. The Morgan fingerprint density at radius 2 is 1.77 bits per heavy atom. The van der Waals surface area contributed by atoms with Crippen molar-refractivity contribution in [3.8, 4) is 5.75 Å². The number of nitrogens with zero attached hydrogens (tertiary/aromatic N) is 2. The van der Waals surface area contributed by atoms with E-state index in [1.54, 1.807) is 16.9 Å².